The molecular weight excluding hydrogens is 238 g/mol. The number of nitrogens with zero attached hydrogens (tertiary/aromatic N) is 2. The summed E-state index contributed by atoms with van der Waals surface area (Å²) in [5, 5.41) is 11.2. The summed E-state index contributed by atoms with van der Waals surface area (Å²) in [7, 11) is 3.16. The van der Waals surface area contributed by atoms with Crippen molar-refractivity contribution in [2.75, 3.05) is 27.2 Å². The van der Waals surface area contributed by atoms with Gasteiger partial charge in [-0.3, -0.25) is 9.59 Å². The van der Waals surface area contributed by atoms with Crippen LogP contribution in [0.1, 0.15) is 20.3 Å². The molecule has 0 spiro atoms. The first-order chi connectivity index (χ1) is 8.29. The molecule has 3 amide bonds. The van der Waals surface area contributed by atoms with Crippen molar-refractivity contribution in [3.8, 4) is 0 Å². The summed E-state index contributed by atoms with van der Waals surface area (Å²) >= 11 is 0. The van der Waals surface area contributed by atoms with Gasteiger partial charge in [0.15, 0.2) is 0 Å². The molecule has 7 heteroatoms. The Balaban J connectivity index is 4.47. The Labute approximate surface area is 107 Å². The van der Waals surface area contributed by atoms with E-state index in [2.05, 4.69) is 5.32 Å². The van der Waals surface area contributed by atoms with E-state index in [1.54, 1.807) is 21.0 Å². The summed E-state index contributed by atoms with van der Waals surface area (Å²) in [5.74, 6) is -1.33. The largest absolute Gasteiger partial charge is 0.480 e. The van der Waals surface area contributed by atoms with E-state index in [0.29, 0.717) is 6.42 Å². The van der Waals surface area contributed by atoms with Crippen LogP contribution in [0.2, 0.25) is 0 Å². The zero-order valence-electron chi connectivity index (χ0n) is 11.3. The average Bonchev–Trinajstić information content (AvgIpc) is 2.31. The summed E-state index contributed by atoms with van der Waals surface area (Å²) in [4.78, 5) is 36.3. The van der Waals surface area contributed by atoms with Gasteiger partial charge in [0.2, 0.25) is 5.91 Å². The molecule has 0 aliphatic heterocycles. The van der Waals surface area contributed by atoms with Gasteiger partial charge in [0.05, 0.1) is 6.54 Å². The van der Waals surface area contributed by atoms with Gasteiger partial charge in [-0.05, 0) is 13.3 Å². The van der Waals surface area contributed by atoms with Crippen LogP contribution in [0.3, 0.4) is 0 Å². The van der Waals surface area contributed by atoms with E-state index in [9.17, 15) is 14.4 Å². The maximum Gasteiger partial charge on any atom is 0.323 e. The Morgan fingerprint density at radius 3 is 2.22 bits per heavy atom. The van der Waals surface area contributed by atoms with Crippen LogP contribution in [0.15, 0.2) is 0 Å². The van der Waals surface area contributed by atoms with Gasteiger partial charge in [0.1, 0.15) is 6.54 Å². The molecule has 0 fully saturated rings. The Kier molecular flexibility index (Phi) is 6.77. The zero-order valence-corrected chi connectivity index (χ0v) is 11.3. The predicted octanol–water partition coefficient (Wildman–Crippen LogP) is -0.0307. The molecule has 18 heavy (non-hydrogen) atoms. The fraction of sp³-hybridized carbons (Fsp3) is 0.727. The highest BCUT2D eigenvalue weighted by molar-refractivity contribution is 5.85. The van der Waals surface area contributed by atoms with Gasteiger partial charge in [-0.15, -0.1) is 0 Å². The van der Waals surface area contributed by atoms with Crippen molar-refractivity contribution in [1.29, 1.82) is 0 Å². The zero-order chi connectivity index (χ0) is 14.3. The van der Waals surface area contributed by atoms with Crippen molar-refractivity contribution in [1.82, 2.24) is 15.1 Å². The summed E-state index contributed by atoms with van der Waals surface area (Å²) in [6.45, 7) is 3.10. The molecule has 0 saturated carbocycles. The molecule has 7 nitrogen and oxygen atoms in total. The van der Waals surface area contributed by atoms with Crippen LogP contribution < -0.4 is 5.32 Å². The SMILES string of the molecule is CCC(C)N(CC(=O)O)C(=O)NCC(=O)N(C)C. The molecule has 0 rings (SSSR count). The van der Waals surface area contributed by atoms with Crippen molar-refractivity contribution in [3.05, 3.63) is 0 Å². The smallest absolute Gasteiger partial charge is 0.323 e. The molecule has 0 saturated heterocycles. The monoisotopic (exact) mass is 259 g/mol. The van der Waals surface area contributed by atoms with Crippen molar-refractivity contribution >= 4 is 17.9 Å². The van der Waals surface area contributed by atoms with E-state index in [4.69, 9.17) is 5.11 Å². The lowest BCUT2D eigenvalue weighted by atomic mass is 10.2. The lowest BCUT2D eigenvalue weighted by Gasteiger charge is -2.27. The second kappa shape index (κ2) is 7.52. The molecule has 0 heterocycles. The highest BCUT2D eigenvalue weighted by Gasteiger charge is 2.21. The Hall–Kier alpha value is -1.79. The van der Waals surface area contributed by atoms with Crippen molar-refractivity contribution < 1.29 is 19.5 Å². The lowest BCUT2D eigenvalue weighted by Crippen LogP contribution is -2.49. The minimum atomic E-state index is -1.08. The minimum Gasteiger partial charge on any atom is -0.480 e. The minimum absolute atomic E-state index is 0.140. The van der Waals surface area contributed by atoms with Crippen LogP contribution in [0.25, 0.3) is 0 Å². The van der Waals surface area contributed by atoms with E-state index in [-0.39, 0.29) is 25.0 Å². The quantitative estimate of drug-likeness (QED) is 0.701. The molecule has 2 N–H and O–H groups in total. The summed E-state index contributed by atoms with van der Waals surface area (Å²) in [6, 6.07) is -0.738. The predicted molar refractivity (Wildman–Crippen MR) is 66.2 cm³/mol. The van der Waals surface area contributed by atoms with E-state index >= 15 is 0 Å². The van der Waals surface area contributed by atoms with Crippen LogP contribution in [0, 0.1) is 0 Å². The standard InChI is InChI=1S/C11H21N3O4/c1-5-8(2)14(7-10(16)17)11(18)12-6-9(15)13(3)4/h8H,5-7H2,1-4H3,(H,12,18)(H,16,17). The molecule has 0 aromatic rings. The number of amides is 3. The first-order valence-corrected chi connectivity index (χ1v) is 5.76. The van der Waals surface area contributed by atoms with Gasteiger partial charge in [-0.1, -0.05) is 6.92 Å². The molecule has 0 bridgehead atoms. The molecule has 1 atom stereocenters. The number of rotatable bonds is 6. The number of nitrogens with one attached hydrogen (secondary N) is 1. The second-order valence-electron chi connectivity index (χ2n) is 4.23. The number of carboxylic acids is 1. The van der Waals surface area contributed by atoms with Crippen molar-refractivity contribution in [2.45, 2.75) is 26.3 Å². The van der Waals surface area contributed by atoms with Gasteiger partial charge in [-0.25, -0.2) is 4.79 Å². The third-order valence-corrected chi connectivity index (χ3v) is 2.58. The highest BCUT2D eigenvalue weighted by atomic mass is 16.4. The van der Waals surface area contributed by atoms with Gasteiger partial charge < -0.3 is 20.2 Å². The van der Waals surface area contributed by atoms with Crippen LogP contribution >= 0.6 is 0 Å². The summed E-state index contributed by atoms with van der Waals surface area (Å²) < 4.78 is 0. The molecule has 0 radical (unpaired) electrons. The number of carbonyl (C=O) groups is 3. The highest BCUT2D eigenvalue weighted by Crippen LogP contribution is 2.03. The van der Waals surface area contributed by atoms with E-state index in [1.807, 2.05) is 6.92 Å². The fourth-order valence-electron chi connectivity index (χ4n) is 1.20. The van der Waals surface area contributed by atoms with Crippen LogP contribution in [-0.4, -0.2) is 66.0 Å². The number of aliphatic carboxylic acids is 1. The van der Waals surface area contributed by atoms with Crippen LogP contribution in [-0.2, 0) is 9.59 Å². The number of likely N-dealkylation sites (N-methyl/N-ethyl adjacent to an activating group) is 1. The molecule has 104 valence electrons. The normalized spacial score (nSPS) is 11.6. The second-order valence-corrected chi connectivity index (χ2v) is 4.23. The van der Waals surface area contributed by atoms with E-state index < -0.39 is 12.0 Å². The Morgan fingerprint density at radius 2 is 1.83 bits per heavy atom. The lowest BCUT2D eigenvalue weighted by molar-refractivity contribution is -0.138. The van der Waals surface area contributed by atoms with Gasteiger partial charge in [0.25, 0.3) is 0 Å². The number of hydrogen-bond donors (Lipinski definition) is 2. The topological polar surface area (TPSA) is 90.0 Å². The third-order valence-electron chi connectivity index (χ3n) is 2.58. The molecule has 0 aromatic carbocycles. The fourth-order valence-corrected chi connectivity index (χ4v) is 1.20. The molecule has 0 aliphatic carbocycles. The first-order valence-electron chi connectivity index (χ1n) is 5.76. The molecule has 0 aliphatic rings. The van der Waals surface area contributed by atoms with Gasteiger partial charge >= 0.3 is 12.0 Å². The van der Waals surface area contributed by atoms with Crippen LogP contribution in [0.4, 0.5) is 4.79 Å². The van der Waals surface area contributed by atoms with Crippen LogP contribution in [0.5, 0.6) is 0 Å². The van der Waals surface area contributed by atoms with Gasteiger partial charge in [-0.2, -0.15) is 0 Å². The number of urea groups is 1. The Morgan fingerprint density at radius 1 is 1.28 bits per heavy atom. The molecule has 1 unspecified atom stereocenters. The average molecular weight is 259 g/mol. The van der Waals surface area contributed by atoms with E-state index in [0.717, 1.165) is 0 Å². The molecular formula is C11H21N3O4. The van der Waals surface area contributed by atoms with Crippen molar-refractivity contribution in [3.63, 3.8) is 0 Å². The summed E-state index contributed by atoms with van der Waals surface area (Å²) in [5.41, 5.74) is 0. The number of hydrogen-bond acceptors (Lipinski definition) is 3. The number of carboxylic acid groups (broad SMARTS) is 1. The number of carbonyl (C=O) groups excluding carboxylic acids is 2. The van der Waals surface area contributed by atoms with Crippen molar-refractivity contribution in [2.24, 2.45) is 0 Å². The summed E-state index contributed by atoms with van der Waals surface area (Å²) in [6.07, 6.45) is 0.641. The maximum atomic E-state index is 11.8. The van der Waals surface area contributed by atoms with Gasteiger partial charge in [0, 0.05) is 20.1 Å². The van der Waals surface area contributed by atoms with E-state index in [1.165, 1.54) is 9.80 Å². The third kappa shape index (κ3) is 5.51. The maximum absolute atomic E-state index is 11.8. The Bertz CT molecular complexity index is 317. The first kappa shape index (κ1) is 16.2. The molecule has 0 aromatic heterocycles.